The quantitative estimate of drug-likeness (QED) is 0.699. The number of halogens is 3. The standard InChI is InChI=1S/C17H14Cl3N3/c1-10-13(11-6-4-3-5-7-11)14(16(19)23-22-10)15-12(18)8-17(2,20)9-21-15/h3-8H,9H2,1-2H3. The summed E-state index contributed by atoms with van der Waals surface area (Å²) in [5, 5.41) is 8.91. The molecule has 0 amide bonds. The van der Waals surface area contributed by atoms with E-state index >= 15 is 0 Å². The second kappa shape index (κ2) is 6.23. The number of allylic oxidation sites excluding steroid dienone is 1. The summed E-state index contributed by atoms with van der Waals surface area (Å²) in [6.07, 6.45) is 1.79. The van der Waals surface area contributed by atoms with Crippen LogP contribution < -0.4 is 0 Å². The van der Waals surface area contributed by atoms with Gasteiger partial charge in [0, 0.05) is 5.56 Å². The Balaban J connectivity index is 2.23. The molecule has 0 spiro atoms. The monoisotopic (exact) mass is 365 g/mol. The van der Waals surface area contributed by atoms with Crippen LogP contribution in [-0.4, -0.2) is 27.3 Å². The van der Waals surface area contributed by atoms with Gasteiger partial charge in [0.1, 0.15) is 0 Å². The van der Waals surface area contributed by atoms with Crippen LogP contribution >= 0.6 is 34.8 Å². The molecule has 3 nitrogen and oxygen atoms in total. The van der Waals surface area contributed by atoms with Crippen molar-refractivity contribution in [2.75, 3.05) is 6.54 Å². The molecule has 0 radical (unpaired) electrons. The van der Waals surface area contributed by atoms with Crippen molar-refractivity contribution >= 4 is 40.5 Å². The van der Waals surface area contributed by atoms with Crippen LogP contribution in [0.15, 0.2) is 46.4 Å². The van der Waals surface area contributed by atoms with Crippen LogP contribution in [0.3, 0.4) is 0 Å². The SMILES string of the molecule is Cc1nnc(Cl)c(C2=NCC(C)(Cl)C=C2Cl)c1-c1ccccc1. The molecule has 3 rings (SSSR count). The minimum Gasteiger partial charge on any atom is -0.281 e. The Labute approximate surface area is 150 Å². The highest BCUT2D eigenvalue weighted by Gasteiger charge is 2.28. The number of rotatable bonds is 2. The van der Waals surface area contributed by atoms with E-state index in [1.165, 1.54) is 0 Å². The average molecular weight is 367 g/mol. The summed E-state index contributed by atoms with van der Waals surface area (Å²) in [6.45, 7) is 4.18. The number of aliphatic imine (C=N–C) groups is 1. The van der Waals surface area contributed by atoms with Gasteiger partial charge in [0.2, 0.25) is 0 Å². The maximum atomic E-state index is 6.42. The second-order valence-electron chi connectivity index (χ2n) is 5.63. The maximum Gasteiger partial charge on any atom is 0.161 e. The first kappa shape index (κ1) is 16.4. The Hall–Kier alpha value is -1.42. The molecular weight excluding hydrogens is 353 g/mol. The molecule has 0 N–H and O–H groups in total. The van der Waals surface area contributed by atoms with Crippen LogP contribution in [0.5, 0.6) is 0 Å². The van der Waals surface area contributed by atoms with Gasteiger partial charge in [-0.1, -0.05) is 53.5 Å². The first-order valence-electron chi connectivity index (χ1n) is 7.10. The Morgan fingerprint density at radius 3 is 2.39 bits per heavy atom. The Morgan fingerprint density at radius 1 is 1.04 bits per heavy atom. The molecule has 0 saturated heterocycles. The summed E-state index contributed by atoms with van der Waals surface area (Å²) in [4.78, 5) is 3.97. The molecule has 1 atom stereocenters. The number of hydrogen-bond acceptors (Lipinski definition) is 3. The zero-order valence-corrected chi connectivity index (χ0v) is 14.9. The Kier molecular flexibility index (Phi) is 4.45. The smallest absolute Gasteiger partial charge is 0.161 e. The Bertz CT molecular complexity index is 811. The summed E-state index contributed by atoms with van der Waals surface area (Å²) in [7, 11) is 0. The topological polar surface area (TPSA) is 38.1 Å². The molecule has 0 saturated carbocycles. The van der Waals surface area contributed by atoms with E-state index in [1.54, 1.807) is 6.08 Å². The van der Waals surface area contributed by atoms with E-state index < -0.39 is 4.87 Å². The number of nitrogens with zero attached hydrogens (tertiary/aromatic N) is 3. The van der Waals surface area contributed by atoms with Gasteiger partial charge in [0.25, 0.3) is 0 Å². The predicted octanol–water partition coefficient (Wildman–Crippen LogP) is 5.03. The number of aromatic nitrogens is 2. The first-order chi connectivity index (χ1) is 10.9. The first-order valence-corrected chi connectivity index (χ1v) is 8.23. The van der Waals surface area contributed by atoms with E-state index in [2.05, 4.69) is 15.2 Å². The van der Waals surface area contributed by atoms with Crippen LogP contribution in [0.4, 0.5) is 0 Å². The molecule has 1 unspecified atom stereocenters. The molecule has 6 heteroatoms. The normalized spacial score (nSPS) is 20.9. The average Bonchev–Trinajstić information content (AvgIpc) is 2.50. The van der Waals surface area contributed by atoms with Crippen molar-refractivity contribution < 1.29 is 0 Å². The van der Waals surface area contributed by atoms with Crippen molar-refractivity contribution in [1.29, 1.82) is 0 Å². The van der Waals surface area contributed by atoms with Gasteiger partial charge in [0.05, 0.1) is 33.4 Å². The van der Waals surface area contributed by atoms with Gasteiger partial charge in [0.15, 0.2) is 5.15 Å². The van der Waals surface area contributed by atoms with E-state index in [-0.39, 0.29) is 5.15 Å². The fraction of sp³-hybridized carbons (Fsp3) is 0.235. The van der Waals surface area contributed by atoms with E-state index in [0.717, 1.165) is 16.8 Å². The third-order valence-electron chi connectivity index (χ3n) is 3.61. The highest BCUT2D eigenvalue weighted by molar-refractivity contribution is 6.49. The zero-order chi connectivity index (χ0) is 16.6. The molecule has 1 aromatic heterocycles. The summed E-state index contributed by atoms with van der Waals surface area (Å²) >= 11 is 19.1. The predicted molar refractivity (Wildman–Crippen MR) is 96.8 cm³/mol. The fourth-order valence-electron chi connectivity index (χ4n) is 2.56. The van der Waals surface area contributed by atoms with Crippen LogP contribution in [0, 0.1) is 6.92 Å². The van der Waals surface area contributed by atoms with Gasteiger partial charge in [-0.3, -0.25) is 4.99 Å². The summed E-state index contributed by atoms with van der Waals surface area (Å²) < 4.78 is 0. The molecule has 118 valence electrons. The Morgan fingerprint density at radius 2 is 1.74 bits per heavy atom. The van der Waals surface area contributed by atoms with Crippen LogP contribution in [0.25, 0.3) is 11.1 Å². The minimum absolute atomic E-state index is 0.276. The molecule has 2 heterocycles. The molecule has 0 fully saturated rings. The van der Waals surface area contributed by atoms with Gasteiger partial charge >= 0.3 is 0 Å². The summed E-state index contributed by atoms with van der Waals surface area (Å²) in [5.74, 6) is 0. The number of dihydropyridines is 1. The van der Waals surface area contributed by atoms with Crippen LogP contribution in [0.1, 0.15) is 18.2 Å². The lowest BCUT2D eigenvalue weighted by atomic mass is 9.94. The third kappa shape index (κ3) is 3.27. The molecule has 0 aliphatic carbocycles. The zero-order valence-electron chi connectivity index (χ0n) is 12.6. The van der Waals surface area contributed by atoms with E-state index in [9.17, 15) is 0 Å². The lowest BCUT2D eigenvalue weighted by molar-refractivity contribution is 0.775. The lowest BCUT2D eigenvalue weighted by Crippen LogP contribution is -2.25. The van der Waals surface area contributed by atoms with E-state index in [0.29, 0.717) is 22.9 Å². The van der Waals surface area contributed by atoms with Gasteiger partial charge in [-0.2, -0.15) is 5.10 Å². The van der Waals surface area contributed by atoms with E-state index in [4.69, 9.17) is 34.8 Å². The van der Waals surface area contributed by atoms with Crippen LogP contribution in [0.2, 0.25) is 5.15 Å². The van der Waals surface area contributed by atoms with Gasteiger partial charge in [-0.25, -0.2) is 0 Å². The molecular formula is C17H14Cl3N3. The number of benzene rings is 1. The van der Waals surface area contributed by atoms with Gasteiger partial charge in [-0.05, 0) is 25.5 Å². The molecule has 2 aromatic rings. The summed E-state index contributed by atoms with van der Waals surface area (Å²) in [5.41, 5.74) is 3.93. The molecule has 23 heavy (non-hydrogen) atoms. The number of alkyl halides is 1. The number of hydrogen-bond donors (Lipinski definition) is 0. The van der Waals surface area contributed by atoms with Crippen molar-refractivity contribution in [3.63, 3.8) is 0 Å². The van der Waals surface area contributed by atoms with Crippen molar-refractivity contribution in [3.05, 3.63) is 57.9 Å². The van der Waals surface area contributed by atoms with Gasteiger partial charge < -0.3 is 0 Å². The summed E-state index contributed by atoms with van der Waals surface area (Å²) in [6, 6.07) is 9.87. The van der Waals surface area contributed by atoms with Crippen molar-refractivity contribution in [2.45, 2.75) is 18.7 Å². The van der Waals surface area contributed by atoms with E-state index in [1.807, 2.05) is 44.2 Å². The molecule has 1 aliphatic heterocycles. The molecule has 1 aliphatic rings. The fourth-order valence-corrected chi connectivity index (χ4v) is 3.40. The largest absolute Gasteiger partial charge is 0.281 e. The molecule has 0 bridgehead atoms. The van der Waals surface area contributed by atoms with Crippen molar-refractivity contribution in [3.8, 4) is 11.1 Å². The maximum absolute atomic E-state index is 6.42. The van der Waals surface area contributed by atoms with Crippen LogP contribution in [-0.2, 0) is 0 Å². The van der Waals surface area contributed by atoms with Crippen molar-refractivity contribution in [2.24, 2.45) is 4.99 Å². The highest BCUT2D eigenvalue weighted by Crippen LogP contribution is 2.35. The van der Waals surface area contributed by atoms with Gasteiger partial charge in [-0.15, -0.1) is 16.7 Å². The minimum atomic E-state index is -0.588. The van der Waals surface area contributed by atoms with Crippen molar-refractivity contribution in [1.82, 2.24) is 10.2 Å². The second-order valence-corrected chi connectivity index (χ2v) is 7.26. The lowest BCUT2D eigenvalue weighted by Gasteiger charge is -2.23. The number of aryl methyl sites for hydroxylation is 1. The highest BCUT2D eigenvalue weighted by atomic mass is 35.5. The molecule has 1 aromatic carbocycles. The third-order valence-corrected chi connectivity index (χ3v) is 4.39.